The monoisotopic (exact) mass is 325 g/mol. The topological polar surface area (TPSA) is 69.4 Å². The minimum Gasteiger partial charge on any atom is -0.457 e. The fourth-order valence-corrected chi connectivity index (χ4v) is 2.10. The second kappa shape index (κ2) is 6.56. The number of nitro benzene ring substituents is 1. The first-order chi connectivity index (χ1) is 9.97. The van der Waals surface area contributed by atoms with Gasteiger partial charge in [-0.2, -0.15) is 0 Å². The summed E-state index contributed by atoms with van der Waals surface area (Å²) in [5.74, 6) is -0.658. The molecule has 0 fully saturated rings. The van der Waals surface area contributed by atoms with Crippen LogP contribution in [0.2, 0.25) is 10.0 Å². The van der Waals surface area contributed by atoms with E-state index in [1.807, 2.05) is 0 Å². The van der Waals surface area contributed by atoms with Gasteiger partial charge in [0.25, 0.3) is 5.69 Å². The molecule has 0 aliphatic heterocycles. The quantitative estimate of drug-likeness (QED) is 0.478. The van der Waals surface area contributed by atoms with Crippen LogP contribution < -0.4 is 0 Å². The van der Waals surface area contributed by atoms with Gasteiger partial charge in [0.15, 0.2) is 0 Å². The molecule has 0 spiro atoms. The van der Waals surface area contributed by atoms with E-state index in [9.17, 15) is 14.9 Å². The van der Waals surface area contributed by atoms with Gasteiger partial charge < -0.3 is 4.74 Å². The van der Waals surface area contributed by atoms with E-state index in [2.05, 4.69) is 0 Å². The summed E-state index contributed by atoms with van der Waals surface area (Å²) in [7, 11) is 0. The summed E-state index contributed by atoms with van der Waals surface area (Å²) < 4.78 is 5.10. The third-order valence-electron chi connectivity index (χ3n) is 2.64. The standard InChI is InChI=1S/C14H9Cl2NO4/c15-10-3-1-2-9(6-10)8-21-14(18)12-5-4-11(17(19)20)7-13(12)16/h1-7H,8H2. The zero-order chi connectivity index (χ0) is 15.4. The second-order valence-corrected chi connectivity index (χ2v) is 4.97. The third-order valence-corrected chi connectivity index (χ3v) is 3.19. The molecular formula is C14H9Cl2NO4. The van der Waals surface area contributed by atoms with Gasteiger partial charge in [0.2, 0.25) is 0 Å². The number of nitrogens with zero attached hydrogens (tertiary/aromatic N) is 1. The van der Waals surface area contributed by atoms with Gasteiger partial charge in [0.05, 0.1) is 15.5 Å². The molecule has 0 amide bonds. The van der Waals surface area contributed by atoms with Gasteiger partial charge in [-0.05, 0) is 23.8 Å². The van der Waals surface area contributed by atoms with Crippen LogP contribution in [-0.4, -0.2) is 10.9 Å². The van der Waals surface area contributed by atoms with Crippen LogP contribution in [0, 0.1) is 10.1 Å². The summed E-state index contributed by atoms with van der Waals surface area (Å²) in [6.07, 6.45) is 0. The van der Waals surface area contributed by atoms with Crippen LogP contribution in [0.1, 0.15) is 15.9 Å². The lowest BCUT2D eigenvalue weighted by atomic mass is 10.2. The Morgan fingerprint density at radius 2 is 1.95 bits per heavy atom. The SMILES string of the molecule is O=C(OCc1cccc(Cl)c1)c1ccc([N+](=O)[O-])cc1Cl. The van der Waals surface area contributed by atoms with Gasteiger partial charge in [-0.25, -0.2) is 4.79 Å². The highest BCUT2D eigenvalue weighted by molar-refractivity contribution is 6.33. The molecule has 21 heavy (non-hydrogen) atoms. The number of esters is 1. The van der Waals surface area contributed by atoms with Crippen molar-refractivity contribution >= 4 is 34.9 Å². The summed E-state index contributed by atoms with van der Waals surface area (Å²) in [5.41, 5.74) is 0.615. The highest BCUT2D eigenvalue weighted by Gasteiger charge is 2.16. The molecule has 2 aromatic carbocycles. The summed E-state index contributed by atoms with van der Waals surface area (Å²) in [4.78, 5) is 21.9. The van der Waals surface area contributed by atoms with Gasteiger partial charge >= 0.3 is 5.97 Å². The lowest BCUT2D eigenvalue weighted by Crippen LogP contribution is -2.06. The van der Waals surface area contributed by atoms with Crippen LogP contribution in [0.4, 0.5) is 5.69 Å². The van der Waals surface area contributed by atoms with Crippen LogP contribution in [0.3, 0.4) is 0 Å². The second-order valence-electron chi connectivity index (χ2n) is 4.13. The van der Waals surface area contributed by atoms with E-state index < -0.39 is 10.9 Å². The highest BCUT2D eigenvalue weighted by atomic mass is 35.5. The van der Waals surface area contributed by atoms with Crippen LogP contribution in [-0.2, 0) is 11.3 Å². The number of benzene rings is 2. The van der Waals surface area contributed by atoms with Crippen LogP contribution >= 0.6 is 23.2 Å². The molecular weight excluding hydrogens is 317 g/mol. The van der Waals surface area contributed by atoms with Crippen molar-refractivity contribution in [2.45, 2.75) is 6.61 Å². The van der Waals surface area contributed by atoms with Gasteiger partial charge in [0.1, 0.15) is 6.61 Å². The first-order valence-corrected chi connectivity index (χ1v) is 6.58. The molecule has 0 radical (unpaired) electrons. The predicted octanol–water partition coefficient (Wildman–Crippen LogP) is 4.26. The number of carbonyl (C=O) groups excluding carboxylic acids is 1. The number of rotatable bonds is 4. The van der Waals surface area contributed by atoms with E-state index in [4.69, 9.17) is 27.9 Å². The van der Waals surface area contributed by atoms with Crippen molar-refractivity contribution in [3.05, 3.63) is 73.8 Å². The van der Waals surface area contributed by atoms with E-state index in [1.165, 1.54) is 12.1 Å². The molecule has 0 atom stereocenters. The molecule has 0 unspecified atom stereocenters. The minimum absolute atomic E-state index is 0.0275. The molecule has 0 saturated carbocycles. The first kappa shape index (κ1) is 15.3. The molecule has 108 valence electrons. The Labute approximate surface area is 130 Å². The molecule has 7 heteroatoms. The van der Waals surface area contributed by atoms with Crippen molar-refractivity contribution in [2.24, 2.45) is 0 Å². The third kappa shape index (κ3) is 3.93. The van der Waals surface area contributed by atoms with Gasteiger partial charge in [-0.15, -0.1) is 0 Å². The van der Waals surface area contributed by atoms with Crippen molar-refractivity contribution in [2.75, 3.05) is 0 Å². The van der Waals surface area contributed by atoms with Crippen LogP contribution in [0.15, 0.2) is 42.5 Å². The van der Waals surface area contributed by atoms with Crippen LogP contribution in [0.25, 0.3) is 0 Å². The lowest BCUT2D eigenvalue weighted by Gasteiger charge is -2.06. The van der Waals surface area contributed by atoms with Crippen molar-refractivity contribution in [3.8, 4) is 0 Å². The highest BCUT2D eigenvalue weighted by Crippen LogP contribution is 2.23. The molecule has 0 bridgehead atoms. The molecule has 2 rings (SSSR count). The molecule has 0 aliphatic rings. The maximum absolute atomic E-state index is 11.9. The number of ether oxygens (including phenoxy) is 1. The zero-order valence-corrected chi connectivity index (χ0v) is 12.1. The number of hydrogen-bond acceptors (Lipinski definition) is 4. The van der Waals surface area contributed by atoms with Crippen LogP contribution in [0.5, 0.6) is 0 Å². The Morgan fingerprint density at radius 1 is 1.19 bits per heavy atom. The van der Waals surface area contributed by atoms with Gasteiger partial charge in [-0.3, -0.25) is 10.1 Å². The molecule has 0 heterocycles. The first-order valence-electron chi connectivity index (χ1n) is 5.83. The molecule has 0 aromatic heterocycles. The molecule has 0 saturated heterocycles. The maximum atomic E-state index is 11.9. The summed E-state index contributed by atoms with van der Waals surface area (Å²) in [6.45, 7) is 0.0344. The van der Waals surface area contributed by atoms with Crippen molar-refractivity contribution < 1.29 is 14.5 Å². The Kier molecular flexibility index (Phi) is 4.77. The minimum atomic E-state index is -0.658. The van der Waals surface area contributed by atoms with Crippen molar-refractivity contribution in [3.63, 3.8) is 0 Å². The van der Waals surface area contributed by atoms with Gasteiger partial charge in [-0.1, -0.05) is 35.3 Å². The van der Waals surface area contributed by atoms with Gasteiger partial charge in [0, 0.05) is 17.2 Å². The maximum Gasteiger partial charge on any atom is 0.339 e. The molecule has 5 nitrogen and oxygen atoms in total. The van der Waals surface area contributed by atoms with E-state index >= 15 is 0 Å². The van der Waals surface area contributed by atoms with Crippen molar-refractivity contribution in [1.29, 1.82) is 0 Å². The Bertz CT molecular complexity index is 703. The Hall–Kier alpha value is -2.11. The Morgan fingerprint density at radius 3 is 2.57 bits per heavy atom. The summed E-state index contributed by atoms with van der Waals surface area (Å²) in [6, 6.07) is 10.5. The number of non-ortho nitro benzene ring substituents is 1. The largest absolute Gasteiger partial charge is 0.457 e. The molecule has 0 aliphatic carbocycles. The Balaban J connectivity index is 2.08. The zero-order valence-electron chi connectivity index (χ0n) is 10.6. The summed E-state index contributed by atoms with van der Waals surface area (Å²) in [5, 5.41) is 11.1. The number of hydrogen-bond donors (Lipinski definition) is 0. The average molecular weight is 326 g/mol. The summed E-state index contributed by atoms with van der Waals surface area (Å²) >= 11 is 11.7. The average Bonchev–Trinajstić information content (AvgIpc) is 2.44. The normalized spacial score (nSPS) is 10.2. The van der Waals surface area contributed by atoms with E-state index in [0.717, 1.165) is 11.6 Å². The fraction of sp³-hybridized carbons (Fsp3) is 0.0714. The van der Waals surface area contributed by atoms with E-state index in [-0.39, 0.29) is 22.9 Å². The predicted molar refractivity (Wildman–Crippen MR) is 78.7 cm³/mol. The molecule has 0 N–H and O–H groups in total. The smallest absolute Gasteiger partial charge is 0.339 e. The number of carbonyl (C=O) groups is 1. The lowest BCUT2D eigenvalue weighted by molar-refractivity contribution is -0.384. The number of nitro groups is 1. The fourth-order valence-electron chi connectivity index (χ4n) is 1.64. The molecule has 2 aromatic rings. The van der Waals surface area contributed by atoms with Crippen molar-refractivity contribution in [1.82, 2.24) is 0 Å². The van der Waals surface area contributed by atoms with E-state index in [0.29, 0.717) is 5.02 Å². The number of halogens is 2. The van der Waals surface area contributed by atoms with E-state index in [1.54, 1.807) is 24.3 Å².